The molecule has 1 saturated heterocycles. The number of carbonyl (C=O) groups is 1. The summed E-state index contributed by atoms with van der Waals surface area (Å²) in [5.41, 5.74) is 3.30. The van der Waals surface area contributed by atoms with Crippen molar-refractivity contribution in [2.75, 3.05) is 17.8 Å². The molecular weight excluding hydrogens is 402 g/mol. The van der Waals surface area contributed by atoms with Gasteiger partial charge >= 0.3 is 11.7 Å². The summed E-state index contributed by atoms with van der Waals surface area (Å²) < 4.78 is 14.0. The van der Waals surface area contributed by atoms with Gasteiger partial charge < -0.3 is 18.8 Å². The second-order valence-electron chi connectivity index (χ2n) is 7.31. The van der Waals surface area contributed by atoms with Crippen LogP contribution in [0.15, 0.2) is 51.7 Å². The second-order valence-corrected chi connectivity index (χ2v) is 7.75. The lowest BCUT2D eigenvalue weighted by Crippen LogP contribution is -2.30. The van der Waals surface area contributed by atoms with E-state index in [0.717, 1.165) is 47.2 Å². The summed E-state index contributed by atoms with van der Waals surface area (Å²) in [4.78, 5) is 26.6. The Hall–Kier alpha value is -2.97. The van der Waals surface area contributed by atoms with E-state index in [-0.39, 0.29) is 6.09 Å². The maximum atomic E-state index is 12.7. The second kappa shape index (κ2) is 8.81. The molecule has 156 valence electrons. The van der Waals surface area contributed by atoms with Gasteiger partial charge in [0.2, 0.25) is 0 Å². The molecule has 0 spiro atoms. The van der Waals surface area contributed by atoms with Crippen molar-refractivity contribution in [2.45, 2.75) is 26.2 Å². The summed E-state index contributed by atoms with van der Waals surface area (Å²) in [7, 11) is 0. The molecule has 0 saturated carbocycles. The number of nitrogens with zero attached hydrogens (tertiary/aromatic N) is 1. The number of benzene rings is 2. The molecule has 1 fully saturated rings. The van der Waals surface area contributed by atoms with Crippen LogP contribution >= 0.6 is 12.1 Å². The fraction of sp³-hybridized carbons (Fsp3) is 0.273. The first-order chi connectivity index (χ1) is 14.5. The predicted octanol–water partition coefficient (Wildman–Crippen LogP) is 4.22. The molecule has 2 heterocycles. The normalized spacial score (nSPS) is 13.6. The smallest absolute Gasteiger partial charge is 0.415 e. The van der Waals surface area contributed by atoms with Crippen LogP contribution in [-0.4, -0.2) is 24.1 Å². The van der Waals surface area contributed by atoms with Crippen LogP contribution < -0.4 is 20.2 Å². The largest absolute Gasteiger partial charge is 0.422 e. The molecule has 0 aliphatic carbocycles. The van der Waals surface area contributed by atoms with Gasteiger partial charge in [-0.15, -0.1) is 0 Å². The number of hydrogen-bond donors (Lipinski definition) is 2. The molecule has 30 heavy (non-hydrogen) atoms. The number of nitrogens with one attached hydrogen (secondary N) is 1. The van der Waals surface area contributed by atoms with Gasteiger partial charge in [0.1, 0.15) is 11.3 Å². The molecule has 8 heteroatoms. The van der Waals surface area contributed by atoms with E-state index >= 15 is 0 Å². The van der Waals surface area contributed by atoms with Crippen LogP contribution in [0.5, 0.6) is 5.75 Å². The summed E-state index contributed by atoms with van der Waals surface area (Å²) in [5.74, 6) is 0.368. The molecule has 4 rings (SSSR count). The molecule has 0 bridgehead atoms. The Balaban J connectivity index is 1.61. The van der Waals surface area contributed by atoms with Crippen molar-refractivity contribution in [1.82, 2.24) is 4.90 Å². The lowest BCUT2D eigenvalue weighted by Gasteiger charge is -2.15. The van der Waals surface area contributed by atoms with E-state index in [4.69, 9.17) is 14.3 Å². The Bertz CT molecular complexity index is 1140. The number of aryl methyl sites for hydroxylation is 1. The third-order valence-corrected chi connectivity index (χ3v) is 5.67. The fourth-order valence-electron chi connectivity index (χ4n) is 3.72. The van der Waals surface area contributed by atoms with Crippen molar-refractivity contribution in [3.05, 3.63) is 69.6 Å². The first-order valence-corrected chi connectivity index (χ1v) is 10.7. The van der Waals surface area contributed by atoms with Crippen LogP contribution in [-0.2, 0) is 6.42 Å². The highest BCUT2D eigenvalue weighted by Gasteiger charge is 2.20. The first kappa shape index (κ1) is 20.3. The van der Waals surface area contributed by atoms with Crippen LogP contribution in [0.25, 0.3) is 11.0 Å². The maximum absolute atomic E-state index is 12.7. The molecule has 1 aliphatic heterocycles. The molecular formula is C22H23N3O4S. The lowest BCUT2D eigenvalue weighted by atomic mass is 9.99. The zero-order valence-corrected chi connectivity index (χ0v) is 17.5. The summed E-state index contributed by atoms with van der Waals surface area (Å²) in [6, 6.07) is 12.9. The number of anilines is 1. The van der Waals surface area contributed by atoms with Crippen LogP contribution in [0.2, 0.25) is 0 Å². The fourth-order valence-corrected chi connectivity index (χ4v) is 3.99. The minimum atomic E-state index is -0.394. The molecule has 0 atom stereocenters. The van der Waals surface area contributed by atoms with E-state index in [1.54, 1.807) is 17.0 Å². The summed E-state index contributed by atoms with van der Waals surface area (Å²) in [6.07, 6.45) is 2.06. The van der Waals surface area contributed by atoms with Crippen molar-refractivity contribution in [1.29, 1.82) is 0 Å². The molecule has 3 N–H and O–H groups in total. The number of nitrogens with two attached hydrogens (primary N) is 1. The number of rotatable bonds is 5. The van der Waals surface area contributed by atoms with Gasteiger partial charge in [0, 0.05) is 54.3 Å². The van der Waals surface area contributed by atoms with Crippen molar-refractivity contribution < 1.29 is 13.9 Å². The van der Waals surface area contributed by atoms with Gasteiger partial charge in [-0.3, -0.25) is 5.14 Å². The predicted molar refractivity (Wildman–Crippen MR) is 119 cm³/mol. The van der Waals surface area contributed by atoms with Gasteiger partial charge in [-0.1, -0.05) is 12.1 Å². The minimum absolute atomic E-state index is 0.368. The molecule has 7 nitrogen and oxygen atoms in total. The highest BCUT2D eigenvalue weighted by atomic mass is 32.2. The van der Waals surface area contributed by atoms with E-state index in [1.807, 2.05) is 37.3 Å². The van der Waals surface area contributed by atoms with Crippen molar-refractivity contribution >= 4 is 34.9 Å². The van der Waals surface area contributed by atoms with E-state index in [9.17, 15) is 9.59 Å². The zero-order chi connectivity index (χ0) is 21.1. The molecule has 0 radical (unpaired) electrons. The number of ether oxygens (including phenoxy) is 1. The zero-order valence-electron chi connectivity index (χ0n) is 16.6. The molecule has 1 aliphatic rings. The van der Waals surface area contributed by atoms with Gasteiger partial charge in [0.05, 0.1) is 0 Å². The van der Waals surface area contributed by atoms with Crippen LogP contribution in [0.1, 0.15) is 29.5 Å². The monoisotopic (exact) mass is 425 g/mol. The Morgan fingerprint density at radius 3 is 2.80 bits per heavy atom. The van der Waals surface area contributed by atoms with Crippen LogP contribution in [0.3, 0.4) is 0 Å². The standard InChI is InChI=1S/C22H23N3O4S/c1-14-18-8-7-17(28-22(27)25-9-2-3-10-25)13-20(18)29-21(26)19(14)12-15-5-4-6-16(11-15)24-30-23/h4-8,11,13,24H,2-3,9-10,12,23H2,1H3. The topological polar surface area (TPSA) is 97.8 Å². The lowest BCUT2D eigenvalue weighted by molar-refractivity contribution is 0.163. The Labute approximate surface area is 178 Å². The average Bonchev–Trinajstić information content (AvgIpc) is 3.27. The van der Waals surface area contributed by atoms with Crippen LogP contribution in [0.4, 0.5) is 10.5 Å². The highest BCUT2D eigenvalue weighted by Crippen LogP contribution is 2.26. The van der Waals surface area contributed by atoms with Gasteiger partial charge in [-0.2, -0.15) is 0 Å². The number of carbonyl (C=O) groups excluding carboxylic acids is 1. The number of hydrogen-bond acceptors (Lipinski definition) is 7. The van der Waals surface area contributed by atoms with E-state index < -0.39 is 5.63 Å². The van der Waals surface area contributed by atoms with Crippen molar-refractivity contribution in [2.24, 2.45) is 5.14 Å². The van der Waals surface area contributed by atoms with E-state index in [1.165, 1.54) is 0 Å². The molecule has 3 aromatic rings. The average molecular weight is 426 g/mol. The van der Waals surface area contributed by atoms with E-state index in [0.29, 0.717) is 36.4 Å². The summed E-state index contributed by atoms with van der Waals surface area (Å²) in [5, 5.41) is 6.27. The Kier molecular flexibility index (Phi) is 5.96. The number of likely N-dealkylation sites (tertiary alicyclic amines) is 1. The summed E-state index contributed by atoms with van der Waals surface area (Å²) in [6.45, 7) is 3.33. The quantitative estimate of drug-likeness (QED) is 0.466. The molecule has 1 amide bonds. The highest BCUT2D eigenvalue weighted by molar-refractivity contribution is 7.98. The number of amides is 1. The van der Waals surface area contributed by atoms with Gasteiger partial charge in [0.25, 0.3) is 0 Å². The molecule has 2 aromatic carbocycles. The third kappa shape index (κ3) is 4.29. The number of fused-ring (bicyclic) bond motifs is 1. The van der Waals surface area contributed by atoms with Gasteiger partial charge in [-0.25, -0.2) is 9.59 Å². The maximum Gasteiger partial charge on any atom is 0.415 e. The minimum Gasteiger partial charge on any atom is -0.422 e. The molecule has 1 aromatic heterocycles. The first-order valence-electron chi connectivity index (χ1n) is 9.79. The Morgan fingerprint density at radius 2 is 2.03 bits per heavy atom. The molecule has 0 unspecified atom stereocenters. The third-order valence-electron chi connectivity index (χ3n) is 5.31. The van der Waals surface area contributed by atoms with E-state index in [2.05, 4.69) is 4.72 Å². The Morgan fingerprint density at radius 1 is 1.23 bits per heavy atom. The summed E-state index contributed by atoms with van der Waals surface area (Å²) >= 11 is 1.02. The van der Waals surface area contributed by atoms with Crippen molar-refractivity contribution in [3.8, 4) is 5.75 Å². The SMILES string of the molecule is Cc1c(Cc2cccc(NSN)c2)c(=O)oc2cc(OC(=O)N3CCCC3)ccc12. The van der Waals surface area contributed by atoms with Crippen LogP contribution in [0, 0.1) is 6.92 Å². The van der Waals surface area contributed by atoms with Gasteiger partial charge in [-0.05, 0) is 55.2 Å². The van der Waals surface area contributed by atoms with Crippen molar-refractivity contribution in [3.63, 3.8) is 0 Å². The van der Waals surface area contributed by atoms with Gasteiger partial charge in [0.15, 0.2) is 0 Å².